The number of nitrogens with one attached hydrogen (secondary N) is 3. The fraction of sp³-hybridized carbons (Fsp3) is 0.346. The first-order valence-corrected chi connectivity index (χ1v) is 11.9. The number of piperazine rings is 1. The molecule has 0 radical (unpaired) electrons. The van der Waals surface area contributed by atoms with Gasteiger partial charge in [-0.3, -0.25) is 9.88 Å². The normalized spacial score (nSPS) is 15.0. The number of anilines is 4. The molecular weight excluding hydrogens is 442 g/mol. The van der Waals surface area contributed by atoms with Crippen LogP contribution in [0, 0.1) is 20.8 Å². The number of likely N-dealkylation sites (N-methyl/N-ethyl adjacent to an activating group) is 1. The van der Waals surface area contributed by atoms with E-state index in [4.69, 9.17) is 9.40 Å². The SMILES string of the molecule is Cc1cc(Nc2ncc(CN3CCN(C)CC3)c(Nc3ccc4oc(=O)[nH]c4c3)n2)cc(C)c1C. The van der Waals surface area contributed by atoms with E-state index in [0.29, 0.717) is 17.0 Å². The molecule has 3 heterocycles. The van der Waals surface area contributed by atoms with Gasteiger partial charge in [-0.05, 0) is 74.8 Å². The number of oxazole rings is 1. The van der Waals surface area contributed by atoms with Gasteiger partial charge in [0.2, 0.25) is 5.95 Å². The van der Waals surface area contributed by atoms with Crippen LogP contribution in [0.3, 0.4) is 0 Å². The minimum absolute atomic E-state index is 0.467. The molecule has 1 aliphatic rings. The van der Waals surface area contributed by atoms with E-state index in [2.05, 4.69) is 70.4 Å². The lowest BCUT2D eigenvalue weighted by molar-refractivity contribution is 0.148. The quantitative estimate of drug-likeness (QED) is 0.385. The first kappa shape index (κ1) is 23.1. The zero-order valence-electron chi connectivity index (χ0n) is 20.6. The minimum atomic E-state index is -0.467. The Balaban J connectivity index is 1.45. The van der Waals surface area contributed by atoms with Gasteiger partial charge in [0, 0.05) is 55.9 Å². The van der Waals surface area contributed by atoms with Crippen LogP contribution in [0.2, 0.25) is 0 Å². The molecule has 2 aromatic carbocycles. The van der Waals surface area contributed by atoms with Crippen molar-refractivity contribution in [2.75, 3.05) is 43.9 Å². The van der Waals surface area contributed by atoms with E-state index in [1.54, 1.807) is 6.07 Å². The second-order valence-electron chi connectivity index (χ2n) is 9.36. The van der Waals surface area contributed by atoms with E-state index in [-0.39, 0.29) is 0 Å². The molecule has 0 saturated carbocycles. The molecule has 3 N–H and O–H groups in total. The first-order chi connectivity index (χ1) is 16.8. The molecule has 1 fully saturated rings. The van der Waals surface area contributed by atoms with Gasteiger partial charge in [0.15, 0.2) is 5.58 Å². The van der Waals surface area contributed by atoms with Crippen LogP contribution in [0.15, 0.2) is 45.7 Å². The second kappa shape index (κ2) is 9.52. The number of aromatic amines is 1. The lowest BCUT2D eigenvalue weighted by atomic mass is 10.0. The molecule has 9 heteroatoms. The van der Waals surface area contributed by atoms with Crippen LogP contribution in [0.25, 0.3) is 11.1 Å². The van der Waals surface area contributed by atoms with Crippen LogP contribution >= 0.6 is 0 Å². The summed E-state index contributed by atoms with van der Waals surface area (Å²) in [4.78, 5) is 28.5. The molecule has 0 spiro atoms. The highest BCUT2D eigenvalue weighted by molar-refractivity contribution is 5.78. The van der Waals surface area contributed by atoms with Gasteiger partial charge in [0.25, 0.3) is 0 Å². The Hall–Kier alpha value is -3.69. The van der Waals surface area contributed by atoms with Gasteiger partial charge in [-0.15, -0.1) is 0 Å². The molecule has 0 aliphatic carbocycles. The number of hydrogen-bond acceptors (Lipinski definition) is 8. The maximum Gasteiger partial charge on any atom is 0.417 e. The molecule has 1 saturated heterocycles. The Morgan fingerprint density at radius 3 is 2.49 bits per heavy atom. The minimum Gasteiger partial charge on any atom is -0.408 e. The fourth-order valence-electron chi connectivity index (χ4n) is 4.34. The topological polar surface area (TPSA) is 102 Å². The van der Waals surface area contributed by atoms with Crippen LogP contribution in [0.1, 0.15) is 22.3 Å². The number of nitrogens with zero attached hydrogens (tertiary/aromatic N) is 4. The molecule has 0 unspecified atom stereocenters. The average molecular weight is 474 g/mol. The molecule has 4 aromatic rings. The first-order valence-electron chi connectivity index (χ1n) is 11.9. The van der Waals surface area contributed by atoms with Crippen molar-refractivity contribution in [3.8, 4) is 0 Å². The number of aromatic nitrogens is 3. The highest BCUT2D eigenvalue weighted by Gasteiger charge is 2.17. The van der Waals surface area contributed by atoms with Crippen molar-refractivity contribution in [3.63, 3.8) is 0 Å². The molecule has 9 nitrogen and oxygen atoms in total. The molecular formula is C26H31N7O2. The van der Waals surface area contributed by atoms with Crippen molar-refractivity contribution in [1.29, 1.82) is 0 Å². The van der Waals surface area contributed by atoms with Gasteiger partial charge in [0.1, 0.15) is 5.82 Å². The Morgan fingerprint density at radius 2 is 1.74 bits per heavy atom. The van der Waals surface area contributed by atoms with E-state index in [0.717, 1.165) is 55.5 Å². The van der Waals surface area contributed by atoms with Crippen LogP contribution in [0.5, 0.6) is 0 Å². The van der Waals surface area contributed by atoms with E-state index in [1.165, 1.54) is 16.7 Å². The summed E-state index contributed by atoms with van der Waals surface area (Å²) in [6.07, 6.45) is 1.89. The number of benzene rings is 2. The van der Waals surface area contributed by atoms with Crippen molar-refractivity contribution in [2.24, 2.45) is 0 Å². The molecule has 0 bridgehead atoms. The molecule has 2 aromatic heterocycles. The van der Waals surface area contributed by atoms with E-state index in [9.17, 15) is 4.79 Å². The molecule has 182 valence electrons. The Morgan fingerprint density at radius 1 is 1.00 bits per heavy atom. The molecule has 35 heavy (non-hydrogen) atoms. The van der Waals surface area contributed by atoms with Crippen molar-refractivity contribution in [3.05, 3.63) is 69.3 Å². The standard InChI is InChI=1S/C26H31N7O2/c1-16-11-21(12-17(2)18(16)3)29-25-27-14-19(15-33-9-7-32(4)8-10-33)24(31-25)28-20-5-6-23-22(13-20)30-26(34)35-23/h5-6,11-14H,7-10,15H2,1-4H3,(H,30,34)(H2,27,28,29,31). The third-order valence-corrected chi connectivity index (χ3v) is 6.72. The number of hydrogen-bond donors (Lipinski definition) is 3. The van der Waals surface area contributed by atoms with Gasteiger partial charge in [0.05, 0.1) is 5.52 Å². The Bertz CT molecular complexity index is 1390. The number of H-pyrrole nitrogens is 1. The summed E-state index contributed by atoms with van der Waals surface area (Å²) in [7, 11) is 2.15. The fourth-order valence-corrected chi connectivity index (χ4v) is 4.34. The summed E-state index contributed by atoms with van der Waals surface area (Å²) in [6, 6.07) is 9.72. The molecule has 1 aliphatic heterocycles. The van der Waals surface area contributed by atoms with Crippen molar-refractivity contribution in [1.82, 2.24) is 24.8 Å². The summed E-state index contributed by atoms with van der Waals surface area (Å²) in [6.45, 7) is 11.2. The number of rotatable bonds is 6. The monoisotopic (exact) mass is 473 g/mol. The number of aryl methyl sites for hydroxylation is 2. The van der Waals surface area contributed by atoms with Crippen LogP contribution in [-0.2, 0) is 6.54 Å². The van der Waals surface area contributed by atoms with Gasteiger partial charge < -0.3 is 20.0 Å². The van der Waals surface area contributed by atoms with Crippen LogP contribution in [-0.4, -0.2) is 58.0 Å². The second-order valence-corrected chi connectivity index (χ2v) is 9.36. The summed E-state index contributed by atoms with van der Waals surface area (Å²) in [5, 5.41) is 6.80. The van der Waals surface area contributed by atoms with Crippen LogP contribution < -0.4 is 16.4 Å². The van der Waals surface area contributed by atoms with E-state index >= 15 is 0 Å². The predicted molar refractivity (Wildman–Crippen MR) is 139 cm³/mol. The van der Waals surface area contributed by atoms with Gasteiger partial charge >= 0.3 is 5.76 Å². The Kier molecular flexibility index (Phi) is 6.27. The van der Waals surface area contributed by atoms with Crippen molar-refractivity contribution >= 4 is 34.2 Å². The van der Waals surface area contributed by atoms with Crippen molar-refractivity contribution in [2.45, 2.75) is 27.3 Å². The maximum absolute atomic E-state index is 11.6. The van der Waals surface area contributed by atoms with Gasteiger partial charge in [-0.2, -0.15) is 4.98 Å². The number of fused-ring (bicyclic) bond motifs is 1. The third-order valence-electron chi connectivity index (χ3n) is 6.72. The lowest BCUT2D eigenvalue weighted by Gasteiger charge is -2.32. The van der Waals surface area contributed by atoms with E-state index < -0.39 is 5.76 Å². The smallest absolute Gasteiger partial charge is 0.408 e. The molecule has 5 rings (SSSR count). The average Bonchev–Trinajstić information content (AvgIpc) is 3.20. The predicted octanol–water partition coefficient (Wildman–Crippen LogP) is 4.07. The van der Waals surface area contributed by atoms with E-state index in [1.807, 2.05) is 18.3 Å². The lowest BCUT2D eigenvalue weighted by Crippen LogP contribution is -2.44. The summed E-state index contributed by atoms with van der Waals surface area (Å²) >= 11 is 0. The highest BCUT2D eigenvalue weighted by atomic mass is 16.4. The molecule has 0 amide bonds. The summed E-state index contributed by atoms with van der Waals surface area (Å²) in [5.74, 6) is 0.785. The largest absolute Gasteiger partial charge is 0.417 e. The Labute approximate surface area is 204 Å². The zero-order chi connectivity index (χ0) is 24.5. The van der Waals surface area contributed by atoms with Crippen LogP contribution in [0.4, 0.5) is 23.1 Å². The van der Waals surface area contributed by atoms with Gasteiger partial charge in [-0.1, -0.05) is 0 Å². The summed E-state index contributed by atoms with van der Waals surface area (Å²) < 4.78 is 5.13. The van der Waals surface area contributed by atoms with Crippen molar-refractivity contribution < 1.29 is 4.42 Å². The summed E-state index contributed by atoms with van der Waals surface area (Å²) in [5.41, 5.74) is 7.67. The third kappa shape index (κ3) is 5.21. The van der Waals surface area contributed by atoms with Gasteiger partial charge in [-0.25, -0.2) is 9.78 Å². The zero-order valence-corrected chi connectivity index (χ0v) is 20.6. The maximum atomic E-state index is 11.6. The molecule has 0 atom stereocenters. The highest BCUT2D eigenvalue weighted by Crippen LogP contribution is 2.26.